The van der Waals surface area contributed by atoms with E-state index in [-0.39, 0.29) is 28.3 Å². The normalized spacial score (nSPS) is 10.5. The average molecular weight is 320 g/mol. The molecule has 0 aliphatic heterocycles. The second-order valence-corrected chi connectivity index (χ2v) is 4.92. The number of anilines is 1. The molecule has 23 heavy (non-hydrogen) atoms. The monoisotopic (exact) mass is 320 g/mol. The highest BCUT2D eigenvalue weighted by Gasteiger charge is 2.22. The van der Waals surface area contributed by atoms with Gasteiger partial charge in [-0.15, -0.1) is 0 Å². The van der Waals surface area contributed by atoms with Crippen molar-refractivity contribution < 1.29 is 18.3 Å². The summed E-state index contributed by atoms with van der Waals surface area (Å²) in [6, 6.07) is 5.70. The van der Waals surface area contributed by atoms with E-state index in [9.17, 15) is 8.78 Å². The minimum Gasteiger partial charge on any atom is -0.494 e. The summed E-state index contributed by atoms with van der Waals surface area (Å²) in [5, 5.41) is 7.84. The van der Waals surface area contributed by atoms with E-state index in [0.29, 0.717) is 17.7 Å². The second kappa shape index (κ2) is 6.64. The van der Waals surface area contributed by atoms with Crippen LogP contribution in [0.4, 0.5) is 14.5 Å². The molecular formula is C17H18F2N2O2. The zero-order valence-electron chi connectivity index (χ0n) is 13.2. The largest absolute Gasteiger partial charge is 0.494 e. The molecule has 2 aromatic rings. The number of methoxy groups -OCH3 is 2. The summed E-state index contributed by atoms with van der Waals surface area (Å²) in [4.78, 5) is 0. The highest BCUT2D eigenvalue weighted by atomic mass is 19.1. The number of rotatable bonds is 5. The van der Waals surface area contributed by atoms with Gasteiger partial charge in [0, 0.05) is 23.0 Å². The summed E-state index contributed by atoms with van der Waals surface area (Å²) in [6.45, 7) is 1.84. The Hall–Kier alpha value is -2.63. The van der Waals surface area contributed by atoms with Crippen molar-refractivity contribution >= 4 is 11.4 Å². The molecule has 122 valence electrons. The Kier molecular flexibility index (Phi) is 4.83. The summed E-state index contributed by atoms with van der Waals surface area (Å²) >= 11 is 0. The van der Waals surface area contributed by atoms with Gasteiger partial charge in [-0.2, -0.15) is 0 Å². The molecule has 0 aromatic heterocycles. The number of nitrogen functional groups attached to an aromatic ring is 1. The predicted molar refractivity (Wildman–Crippen MR) is 86.4 cm³/mol. The van der Waals surface area contributed by atoms with Gasteiger partial charge in [0.25, 0.3) is 0 Å². The lowest BCUT2D eigenvalue weighted by Crippen LogP contribution is -2.04. The third-order valence-corrected chi connectivity index (χ3v) is 3.59. The molecule has 0 fully saturated rings. The minimum absolute atomic E-state index is 0.123. The smallest absolute Gasteiger partial charge is 0.176 e. The van der Waals surface area contributed by atoms with Crippen LogP contribution in [0.5, 0.6) is 11.5 Å². The first-order valence-corrected chi connectivity index (χ1v) is 7.02. The number of halogens is 2. The molecule has 0 unspecified atom stereocenters. The first-order chi connectivity index (χ1) is 10.9. The van der Waals surface area contributed by atoms with E-state index in [1.165, 1.54) is 26.4 Å². The van der Waals surface area contributed by atoms with Gasteiger partial charge in [0.15, 0.2) is 23.1 Å². The van der Waals surface area contributed by atoms with Crippen LogP contribution in [0.25, 0.3) is 11.1 Å². The summed E-state index contributed by atoms with van der Waals surface area (Å²) in [7, 11) is 2.58. The maximum atomic E-state index is 14.5. The molecule has 3 N–H and O–H groups in total. The predicted octanol–water partition coefficient (Wildman–Crippen LogP) is 4.01. The van der Waals surface area contributed by atoms with Crippen LogP contribution in [0.1, 0.15) is 18.9 Å². The minimum atomic E-state index is -0.830. The SMILES string of the molecule is CCC(=N)c1ccc(-c2c(F)c(OC)cc(OC)c2F)cc1N. The summed E-state index contributed by atoms with van der Waals surface area (Å²) in [5.41, 5.74) is 7.10. The van der Waals surface area contributed by atoms with Crippen LogP contribution in [-0.4, -0.2) is 19.9 Å². The van der Waals surface area contributed by atoms with Crippen molar-refractivity contribution in [2.75, 3.05) is 20.0 Å². The van der Waals surface area contributed by atoms with Gasteiger partial charge >= 0.3 is 0 Å². The molecule has 0 amide bonds. The van der Waals surface area contributed by atoms with Crippen molar-refractivity contribution in [3.8, 4) is 22.6 Å². The van der Waals surface area contributed by atoms with Crippen molar-refractivity contribution in [2.24, 2.45) is 0 Å². The molecule has 0 saturated heterocycles. The molecule has 0 radical (unpaired) electrons. The Bertz CT molecular complexity index is 732. The van der Waals surface area contributed by atoms with Crippen LogP contribution in [0.15, 0.2) is 24.3 Å². The lowest BCUT2D eigenvalue weighted by atomic mass is 9.98. The lowest BCUT2D eigenvalue weighted by molar-refractivity contribution is 0.360. The molecule has 0 spiro atoms. The summed E-state index contributed by atoms with van der Waals surface area (Å²) in [6.07, 6.45) is 0.513. The lowest BCUT2D eigenvalue weighted by Gasteiger charge is -2.14. The molecular weight excluding hydrogens is 302 g/mol. The van der Waals surface area contributed by atoms with Crippen LogP contribution >= 0.6 is 0 Å². The molecule has 2 aromatic carbocycles. The van der Waals surface area contributed by atoms with E-state index >= 15 is 0 Å². The van der Waals surface area contributed by atoms with Crippen molar-refractivity contribution in [3.05, 3.63) is 41.5 Å². The average Bonchev–Trinajstić information content (AvgIpc) is 2.54. The number of hydrogen-bond acceptors (Lipinski definition) is 4. The van der Waals surface area contributed by atoms with E-state index in [4.69, 9.17) is 20.6 Å². The van der Waals surface area contributed by atoms with Crippen LogP contribution in [-0.2, 0) is 0 Å². The molecule has 4 nitrogen and oxygen atoms in total. The van der Waals surface area contributed by atoms with Crippen molar-refractivity contribution in [1.29, 1.82) is 5.41 Å². The quantitative estimate of drug-likeness (QED) is 0.646. The Morgan fingerprint density at radius 2 is 1.65 bits per heavy atom. The van der Waals surface area contributed by atoms with Gasteiger partial charge in [0.2, 0.25) is 0 Å². The van der Waals surface area contributed by atoms with Crippen LogP contribution in [0.2, 0.25) is 0 Å². The second-order valence-electron chi connectivity index (χ2n) is 4.92. The summed E-state index contributed by atoms with van der Waals surface area (Å²) < 4.78 is 38.8. The van der Waals surface area contributed by atoms with Crippen LogP contribution in [0.3, 0.4) is 0 Å². The highest BCUT2D eigenvalue weighted by molar-refractivity contribution is 6.03. The van der Waals surface area contributed by atoms with Crippen LogP contribution in [0, 0.1) is 17.0 Å². The summed E-state index contributed by atoms with van der Waals surface area (Å²) in [5.74, 6) is -1.91. The number of nitrogens with one attached hydrogen (secondary N) is 1. The molecule has 2 rings (SSSR count). The van der Waals surface area contributed by atoms with Gasteiger partial charge in [0.1, 0.15) is 0 Å². The molecule has 0 heterocycles. The van der Waals surface area contributed by atoms with E-state index in [2.05, 4.69) is 0 Å². The van der Waals surface area contributed by atoms with Gasteiger partial charge in [0.05, 0.1) is 19.8 Å². The zero-order chi connectivity index (χ0) is 17.1. The molecule has 0 saturated carbocycles. The number of hydrogen-bond donors (Lipinski definition) is 2. The fourth-order valence-electron chi connectivity index (χ4n) is 2.32. The van der Waals surface area contributed by atoms with Gasteiger partial charge in [-0.3, -0.25) is 0 Å². The molecule has 0 bridgehead atoms. The number of benzene rings is 2. The fraction of sp³-hybridized carbons (Fsp3) is 0.235. The molecule has 0 atom stereocenters. The Morgan fingerprint density at radius 3 is 2.09 bits per heavy atom. The number of nitrogens with two attached hydrogens (primary N) is 1. The Labute approximate surface area is 133 Å². The first kappa shape index (κ1) is 16.7. The first-order valence-electron chi connectivity index (χ1n) is 7.02. The maximum Gasteiger partial charge on any atom is 0.176 e. The molecule has 0 aliphatic rings. The van der Waals surface area contributed by atoms with Crippen molar-refractivity contribution in [2.45, 2.75) is 13.3 Å². The van der Waals surface area contributed by atoms with Gasteiger partial charge in [-0.05, 0) is 18.1 Å². The third-order valence-electron chi connectivity index (χ3n) is 3.59. The number of ether oxygens (including phenoxy) is 2. The zero-order valence-corrected chi connectivity index (χ0v) is 13.2. The third kappa shape index (κ3) is 2.97. The maximum absolute atomic E-state index is 14.5. The van der Waals surface area contributed by atoms with E-state index in [1.807, 2.05) is 6.92 Å². The van der Waals surface area contributed by atoms with E-state index < -0.39 is 11.6 Å². The molecule has 6 heteroatoms. The van der Waals surface area contributed by atoms with Gasteiger partial charge in [-0.1, -0.05) is 19.1 Å². The van der Waals surface area contributed by atoms with Crippen LogP contribution < -0.4 is 15.2 Å². The van der Waals surface area contributed by atoms with Gasteiger partial charge < -0.3 is 20.6 Å². The van der Waals surface area contributed by atoms with Crippen molar-refractivity contribution in [3.63, 3.8) is 0 Å². The van der Waals surface area contributed by atoms with E-state index in [0.717, 1.165) is 6.07 Å². The standard InChI is InChI=1S/C17H18F2N2O2/c1-4-11(20)10-6-5-9(7-12(10)21)15-16(18)13(22-2)8-14(23-3)17(15)19/h5-8,20H,4,21H2,1-3H3. The fourth-order valence-corrected chi connectivity index (χ4v) is 2.32. The van der Waals surface area contributed by atoms with E-state index in [1.54, 1.807) is 6.07 Å². The highest BCUT2D eigenvalue weighted by Crippen LogP contribution is 2.38. The topological polar surface area (TPSA) is 68.3 Å². The van der Waals surface area contributed by atoms with Crippen molar-refractivity contribution in [1.82, 2.24) is 0 Å². The Balaban J connectivity index is 2.67. The Morgan fingerprint density at radius 1 is 1.09 bits per heavy atom. The molecule has 0 aliphatic carbocycles. The van der Waals surface area contributed by atoms with Gasteiger partial charge in [-0.25, -0.2) is 8.78 Å².